The maximum absolute atomic E-state index is 13.9. The van der Waals surface area contributed by atoms with E-state index in [0.717, 1.165) is 16.7 Å². The molecule has 0 bridgehead atoms. The number of amides is 2. The molecule has 2 N–H and O–H groups in total. The molecular formula is C25H19Cl3N2O2. The van der Waals surface area contributed by atoms with E-state index in [1.807, 2.05) is 43.3 Å². The molecule has 0 aliphatic carbocycles. The number of anilines is 1. The standard InChI is InChI=1S/C25H19Cl3N2O2/c1-13-21(14-4-2-6-16(26)10-14)25(19-9-8-18(28)12-20(19)29-24(25)32)22(30-23(13)31)15-5-3-7-17(27)11-15/h2-13,21-22H,1H3,(H,29,32)(H,30,31)/t13-,21-,22+,25?/m0/s1. The van der Waals surface area contributed by atoms with Crippen LogP contribution in [0, 0.1) is 5.92 Å². The number of benzene rings is 3. The highest BCUT2D eigenvalue weighted by Crippen LogP contribution is 2.59. The molecule has 0 radical (unpaired) electrons. The monoisotopic (exact) mass is 484 g/mol. The van der Waals surface area contributed by atoms with E-state index in [2.05, 4.69) is 10.6 Å². The predicted molar refractivity (Wildman–Crippen MR) is 127 cm³/mol. The molecule has 2 heterocycles. The van der Waals surface area contributed by atoms with Crippen molar-refractivity contribution >= 4 is 52.3 Å². The number of carbonyl (C=O) groups excluding carboxylic acids is 2. The largest absolute Gasteiger partial charge is 0.348 e. The van der Waals surface area contributed by atoms with Crippen molar-refractivity contribution in [2.45, 2.75) is 24.3 Å². The van der Waals surface area contributed by atoms with Gasteiger partial charge in [-0.25, -0.2) is 0 Å². The lowest BCUT2D eigenvalue weighted by Gasteiger charge is -2.49. The van der Waals surface area contributed by atoms with Crippen molar-refractivity contribution in [1.29, 1.82) is 0 Å². The Morgan fingerprint density at radius 3 is 2.12 bits per heavy atom. The second kappa shape index (κ2) is 7.80. The summed E-state index contributed by atoms with van der Waals surface area (Å²) in [5.41, 5.74) is 1.88. The first-order valence-corrected chi connectivity index (χ1v) is 11.4. The van der Waals surface area contributed by atoms with Gasteiger partial charge in [0.15, 0.2) is 0 Å². The van der Waals surface area contributed by atoms with Gasteiger partial charge in [-0.2, -0.15) is 0 Å². The molecule has 0 saturated carbocycles. The Kier molecular flexibility index (Phi) is 5.20. The third kappa shape index (κ3) is 3.13. The third-order valence-corrected chi connectivity index (χ3v) is 7.29. The van der Waals surface area contributed by atoms with Crippen molar-refractivity contribution in [2.24, 2.45) is 5.92 Å². The molecule has 2 aliphatic heterocycles. The SMILES string of the molecule is C[C@@H]1C(=O)N[C@H](c2cccc(Cl)c2)C2(C(=O)Nc3cc(Cl)ccc32)[C@@H]1c1cccc(Cl)c1. The molecule has 2 aliphatic rings. The minimum atomic E-state index is -1.12. The van der Waals surface area contributed by atoms with Crippen molar-refractivity contribution < 1.29 is 9.59 Å². The maximum atomic E-state index is 13.9. The zero-order chi connectivity index (χ0) is 22.6. The fourth-order valence-electron chi connectivity index (χ4n) is 5.32. The first kappa shape index (κ1) is 21.3. The van der Waals surface area contributed by atoms with E-state index in [9.17, 15) is 9.59 Å². The third-order valence-electron chi connectivity index (χ3n) is 6.59. The molecule has 0 aromatic heterocycles. The number of piperidine rings is 1. The summed E-state index contributed by atoms with van der Waals surface area (Å²) in [6.07, 6.45) is 0. The van der Waals surface area contributed by atoms with Gasteiger partial charge in [0.1, 0.15) is 5.41 Å². The van der Waals surface area contributed by atoms with Gasteiger partial charge >= 0.3 is 0 Å². The van der Waals surface area contributed by atoms with E-state index in [-0.39, 0.29) is 11.8 Å². The number of hydrogen-bond acceptors (Lipinski definition) is 2. The molecule has 1 unspecified atom stereocenters. The summed E-state index contributed by atoms with van der Waals surface area (Å²) in [6, 6.07) is 19.4. The van der Waals surface area contributed by atoms with E-state index < -0.39 is 23.3 Å². The molecule has 1 spiro atoms. The molecule has 2 amide bonds. The van der Waals surface area contributed by atoms with Crippen molar-refractivity contribution in [2.75, 3.05) is 5.32 Å². The summed E-state index contributed by atoms with van der Waals surface area (Å²) in [7, 11) is 0. The molecule has 7 heteroatoms. The molecule has 3 aromatic rings. The Balaban J connectivity index is 1.84. The fraction of sp³-hybridized carbons (Fsp3) is 0.200. The minimum absolute atomic E-state index is 0.138. The van der Waals surface area contributed by atoms with Crippen LogP contribution in [0.5, 0.6) is 0 Å². The number of halogens is 3. The summed E-state index contributed by atoms with van der Waals surface area (Å²) in [6.45, 7) is 1.85. The van der Waals surface area contributed by atoms with E-state index in [1.54, 1.807) is 30.3 Å². The Hall–Kier alpha value is -2.53. The molecule has 4 atom stereocenters. The van der Waals surface area contributed by atoms with Crippen LogP contribution in [-0.2, 0) is 15.0 Å². The summed E-state index contributed by atoms with van der Waals surface area (Å²) in [4.78, 5) is 27.2. The lowest BCUT2D eigenvalue weighted by molar-refractivity contribution is -0.135. The number of nitrogens with one attached hydrogen (secondary N) is 2. The van der Waals surface area contributed by atoms with Crippen LogP contribution in [0.3, 0.4) is 0 Å². The molecule has 1 fully saturated rings. The van der Waals surface area contributed by atoms with Crippen LogP contribution in [-0.4, -0.2) is 11.8 Å². The van der Waals surface area contributed by atoms with Gasteiger partial charge in [0.05, 0.1) is 6.04 Å². The number of hydrogen-bond donors (Lipinski definition) is 2. The molecule has 3 aromatic carbocycles. The predicted octanol–water partition coefficient (Wildman–Crippen LogP) is 6.13. The lowest BCUT2D eigenvalue weighted by Crippen LogP contribution is -2.60. The summed E-state index contributed by atoms with van der Waals surface area (Å²) in [5, 5.41) is 7.74. The molecule has 1 saturated heterocycles. The van der Waals surface area contributed by atoms with Gasteiger partial charge in [-0.15, -0.1) is 0 Å². The summed E-state index contributed by atoms with van der Waals surface area (Å²) in [5.74, 6) is -1.30. The van der Waals surface area contributed by atoms with Crippen LogP contribution in [0.2, 0.25) is 15.1 Å². The highest BCUT2D eigenvalue weighted by atomic mass is 35.5. The van der Waals surface area contributed by atoms with Crippen molar-refractivity contribution in [3.8, 4) is 0 Å². The maximum Gasteiger partial charge on any atom is 0.238 e. The molecular weight excluding hydrogens is 467 g/mol. The summed E-state index contributed by atoms with van der Waals surface area (Å²) < 4.78 is 0. The molecule has 32 heavy (non-hydrogen) atoms. The van der Waals surface area contributed by atoms with Crippen molar-refractivity contribution in [3.05, 3.63) is 98.5 Å². The number of rotatable bonds is 2. The average molecular weight is 486 g/mol. The van der Waals surface area contributed by atoms with Crippen molar-refractivity contribution in [1.82, 2.24) is 5.32 Å². The first-order valence-electron chi connectivity index (χ1n) is 10.2. The van der Waals surface area contributed by atoms with Gasteiger partial charge in [-0.1, -0.05) is 72.1 Å². The van der Waals surface area contributed by atoms with Gasteiger partial charge in [-0.05, 0) is 53.1 Å². The van der Waals surface area contributed by atoms with E-state index >= 15 is 0 Å². The van der Waals surface area contributed by atoms with Gasteiger partial charge in [-0.3, -0.25) is 9.59 Å². The Bertz CT molecular complexity index is 1260. The fourth-order valence-corrected chi connectivity index (χ4v) is 5.89. The van der Waals surface area contributed by atoms with Gasteiger partial charge in [0.25, 0.3) is 0 Å². The van der Waals surface area contributed by atoms with Crippen LogP contribution in [0.4, 0.5) is 5.69 Å². The minimum Gasteiger partial charge on any atom is -0.348 e. The molecule has 162 valence electrons. The van der Waals surface area contributed by atoms with E-state index in [1.165, 1.54) is 0 Å². The van der Waals surface area contributed by atoms with Crippen LogP contribution in [0.1, 0.15) is 35.6 Å². The number of fused-ring (bicyclic) bond motifs is 2. The highest BCUT2D eigenvalue weighted by molar-refractivity contribution is 6.31. The molecule has 5 rings (SSSR count). The van der Waals surface area contributed by atoms with Gasteiger partial charge < -0.3 is 10.6 Å². The zero-order valence-electron chi connectivity index (χ0n) is 17.0. The normalized spacial score (nSPS) is 26.6. The Morgan fingerprint density at radius 1 is 0.812 bits per heavy atom. The smallest absolute Gasteiger partial charge is 0.238 e. The highest BCUT2D eigenvalue weighted by Gasteiger charge is 2.63. The number of carbonyl (C=O) groups is 2. The van der Waals surface area contributed by atoms with Crippen LogP contribution < -0.4 is 10.6 Å². The second-order valence-electron chi connectivity index (χ2n) is 8.33. The summed E-state index contributed by atoms with van der Waals surface area (Å²) >= 11 is 18.9. The average Bonchev–Trinajstić information content (AvgIpc) is 3.02. The Labute approximate surface area is 200 Å². The quantitative estimate of drug-likeness (QED) is 0.459. The second-order valence-corrected chi connectivity index (χ2v) is 9.64. The van der Waals surface area contributed by atoms with Gasteiger partial charge in [0.2, 0.25) is 11.8 Å². The topological polar surface area (TPSA) is 58.2 Å². The van der Waals surface area contributed by atoms with Crippen LogP contribution in [0.25, 0.3) is 0 Å². The molecule has 4 nitrogen and oxygen atoms in total. The Morgan fingerprint density at radius 2 is 1.44 bits per heavy atom. The lowest BCUT2D eigenvalue weighted by atomic mass is 9.56. The van der Waals surface area contributed by atoms with Crippen LogP contribution >= 0.6 is 34.8 Å². The first-order chi connectivity index (χ1) is 15.3. The van der Waals surface area contributed by atoms with E-state index in [4.69, 9.17) is 34.8 Å². The van der Waals surface area contributed by atoms with Crippen LogP contribution in [0.15, 0.2) is 66.7 Å². The zero-order valence-corrected chi connectivity index (χ0v) is 19.3. The van der Waals surface area contributed by atoms with Crippen molar-refractivity contribution in [3.63, 3.8) is 0 Å². The van der Waals surface area contributed by atoms with Gasteiger partial charge in [0, 0.05) is 32.6 Å². The van der Waals surface area contributed by atoms with E-state index in [0.29, 0.717) is 20.8 Å².